The first-order valence-corrected chi connectivity index (χ1v) is 11.1. The Morgan fingerprint density at radius 1 is 1.19 bits per heavy atom. The smallest absolute Gasteiger partial charge is 0.313 e. The Hall–Kier alpha value is -2.19. The lowest BCUT2D eigenvalue weighted by atomic mass is 9.78. The van der Waals surface area contributed by atoms with Crippen LogP contribution < -0.4 is 0 Å². The van der Waals surface area contributed by atoms with Crippen molar-refractivity contribution in [1.29, 1.82) is 0 Å². The Morgan fingerprint density at radius 2 is 1.94 bits per heavy atom. The van der Waals surface area contributed by atoms with Gasteiger partial charge >= 0.3 is 5.97 Å². The minimum Gasteiger partial charge on any atom is -0.462 e. The number of aliphatic hydroxyl groups is 1. The zero-order valence-electron chi connectivity index (χ0n) is 18.6. The van der Waals surface area contributed by atoms with E-state index in [4.69, 9.17) is 9.47 Å². The molecule has 0 aromatic heterocycles. The zero-order chi connectivity index (χ0) is 22.6. The molecule has 31 heavy (non-hydrogen) atoms. The summed E-state index contributed by atoms with van der Waals surface area (Å²) < 4.78 is 12.1. The van der Waals surface area contributed by atoms with E-state index in [1.165, 1.54) is 4.90 Å². The van der Waals surface area contributed by atoms with Crippen LogP contribution in [0, 0.1) is 11.8 Å². The van der Waals surface area contributed by atoms with E-state index in [0.29, 0.717) is 13.0 Å². The molecule has 4 aliphatic rings. The molecule has 0 saturated carbocycles. The maximum atomic E-state index is 13.8. The van der Waals surface area contributed by atoms with E-state index in [9.17, 15) is 19.5 Å². The minimum absolute atomic E-state index is 0.00134. The van der Waals surface area contributed by atoms with Crippen LogP contribution in [-0.2, 0) is 23.9 Å². The Kier molecular flexibility index (Phi) is 5.50. The number of allylic oxidation sites excluding steroid dienone is 1. The monoisotopic (exact) mass is 432 g/mol. The van der Waals surface area contributed by atoms with E-state index in [1.807, 2.05) is 45.9 Å². The van der Waals surface area contributed by atoms with E-state index in [1.54, 1.807) is 11.0 Å². The number of rotatable bonds is 2. The summed E-state index contributed by atoms with van der Waals surface area (Å²) in [5, 5.41) is 9.64. The fraction of sp³-hybridized carbons (Fsp3) is 0.696. The molecule has 1 spiro atoms. The van der Waals surface area contributed by atoms with Crippen molar-refractivity contribution in [2.24, 2.45) is 11.8 Å². The molecule has 4 rings (SSSR count). The van der Waals surface area contributed by atoms with E-state index in [2.05, 4.69) is 0 Å². The number of ether oxygens (including phenoxy) is 2. The summed E-state index contributed by atoms with van der Waals surface area (Å²) in [6.45, 7) is 7.76. The lowest BCUT2D eigenvalue weighted by molar-refractivity contribution is -0.159. The molecule has 170 valence electrons. The van der Waals surface area contributed by atoms with Gasteiger partial charge in [0.25, 0.3) is 0 Å². The molecule has 0 aromatic rings. The Balaban J connectivity index is 1.83. The highest BCUT2D eigenvalue weighted by atomic mass is 16.6. The second-order valence-corrected chi connectivity index (χ2v) is 9.87. The first-order chi connectivity index (χ1) is 14.6. The van der Waals surface area contributed by atoms with Crippen molar-refractivity contribution in [2.75, 3.05) is 19.7 Å². The summed E-state index contributed by atoms with van der Waals surface area (Å²) in [7, 11) is 0. The van der Waals surface area contributed by atoms with Crippen LogP contribution in [0.4, 0.5) is 0 Å². The topological polar surface area (TPSA) is 96.4 Å². The SMILES string of the molecule is CC1CC/C=C\[C@H]2OC34C=CCN(C(C)(C)C)C(=O)[C@H]3N(CCO)C(=O)[C@@H]4C2C(=O)O1. The van der Waals surface area contributed by atoms with Gasteiger partial charge in [0, 0.05) is 18.6 Å². The number of aliphatic hydroxyl groups excluding tert-OH is 1. The highest BCUT2D eigenvalue weighted by Crippen LogP contribution is 2.53. The Labute approximate surface area is 182 Å². The Bertz CT molecular complexity index is 830. The predicted octanol–water partition coefficient (Wildman–Crippen LogP) is 1.04. The molecule has 4 aliphatic heterocycles. The normalized spacial score (nSPS) is 39.1. The van der Waals surface area contributed by atoms with Crippen LogP contribution in [-0.4, -0.2) is 81.8 Å². The molecule has 0 aromatic carbocycles. The second-order valence-electron chi connectivity index (χ2n) is 9.87. The number of nitrogens with zero attached hydrogens (tertiary/aromatic N) is 2. The van der Waals surface area contributed by atoms with E-state index in [0.717, 1.165) is 6.42 Å². The van der Waals surface area contributed by atoms with Crippen molar-refractivity contribution < 1.29 is 29.0 Å². The summed E-state index contributed by atoms with van der Waals surface area (Å²) in [6.07, 6.45) is 7.97. The molecule has 0 aliphatic carbocycles. The molecule has 2 fully saturated rings. The molecule has 2 saturated heterocycles. The fourth-order valence-electron chi connectivity index (χ4n) is 5.40. The number of hydrogen-bond acceptors (Lipinski definition) is 6. The van der Waals surface area contributed by atoms with Gasteiger partial charge in [0.1, 0.15) is 17.6 Å². The van der Waals surface area contributed by atoms with Crippen molar-refractivity contribution in [3.05, 3.63) is 24.3 Å². The van der Waals surface area contributed by atoms with Gasteiger partial charge < -0.3 is 24.4 Å². The zero-order valence-corrected chi connectivity index (χ0v) is 18.6. The third-order valence-electron chi connectivity index (χ3n) is 6.80. The molecule has 6 atom stereocenters. The lowest BCUT2D eigenvalue weighted by Crippen LogP contribution is -2.58. The molecule has 8 nitrogen and oxygen atoms in total. The number of carbonyl (C=O) groups is 3. The van der Waals surface area contributed by atoms with Crippen molar-refractivity contribution in [3.8, 4) is 0 Å². The largest absolute Gasteiger partial charge is 0.462 e. The summed E-state index contributed by atoms with van der Waals surface area (Å²) >= 11 is 0. The Morgan fingerprint density at radius 3 is 2.61 bits per heavy atom. The van der Waals surface area contributed by atoms with Crippen molar-refractivity contribution in [2.45, 2.75) is 69.9 Å². The number of hydrogen-bond donors (Lipinski definition) is 1. The van der Waals surface area contributed by atoms with Gasteiger partial charge in [-0.1, -0.05) is 24.3 Å². The summed E-state index contributed by atoms with van der Waals surface area (Å²) in [6, 6.07) is -0.941. The molecule has 2 amide bonds. The minimum atomic E-state index is -1.27. The van der Waals surface area contributed by atoms with Gasteiger partial charge in [-0.15, -0.1) is 0 Å². The quantitative estimate of drug-likeness (QED) is 0.517. The van der Waals surface area contributed by atoms with Crippen molar-refractivity contribution in [1.82, 2.24) is 9.80 Å². The standard InChI is InChI=1S/C23H32N2O6/c1-14-8-5-6-9-15-16(21(29)30-14)17-19(27)24(12-13-26)18-20(28)25(22(2,3)4)11-7-10-23(17,18)31-15/h6-7,9-10,14-18,26H,5,8,11-13H2,1-4H3/b9-6-/t14?,15-,16?,17+,18-,23?/m1/s1. The molecule has 4 heterocycles. The molecular weight excluding hydrogens is 400 g/mol. The average molecular weight is 433 g/mol. The van der Waals surface area contributed by atoms with E-state index >= 15 is 0 Å². The highest BCUT2D eigenvalue weighted by Gasteiger charge is 2.72. The molecule has 3 unspecified atom stereocenters. The first-order valence-electron chi connectivity index (χ1n) is 11.1. The van der Waals surface area contributed by atoms with Gasteiger partial charge in [0.2, 0.25) is 11.8 Å². The van der Waals surface area contributed by atoms with Gasteiger partial charge in [0.15, 0.2) is 0 Å². The van der Waals surface area contributed by atoms with Gasteiger partial charge in [0.05, 0.1) is 24.7 Å². The van der Waals surface area contributed by atoms with Gasteiger partial charge in [-0.2, -0.15) is 0 Å². The highest BCUT2D eigenvalue weighted by molar-refractivity contribution is 5.99. The van der Waals surface area contributed by atoms with Crippen LogP contribution in [0.2, 0.25) is 0 Å². The lowest BCUT2D eigenvalue weighted by Gasteiger charge is -2.40. The summed E-state index contributed by atoms with van der Waals surface area (Å²) in [5.41, 5.74) is -1.74. The number of cyclic esters (lactones) is 1. The molecular formula is C23H32N2O6. The number of amides is 2. The van der Waals surface area contributed by atoms with Crippen LogP contribution in [0.25, 0.3) is 0 Å². The van der Waals surface area contributed by atoms with Crippen molar-refractivity contribution >= 4 is 17.8 Å². The average Bonchev–Trinajstić information content (AvgIpc) is 3.06. The maximum Gasteiger partial charge on any atom is 0.313 e. The van der Waals surface area contributed by atoms with E-state index < -0.39 is 41.1 Å². The molecule has 1 N–H and O–H groups in total. The number of likely N-dealkylation sites (tertiary alicyclic amines) is 1. The number of esters is 1. The summed E-state index contributed by atoms with van der Waals surface area (Å²) in [5.74, 6) is -2.77. The van der Waals surface area contributed by atoms with Crippen LogP contribution in [0.3, 0.4) is 0 Å². The molecule has 0 radical (unpaired) electrons. The number of carbonyl (C=O) groups excluding carboxylic acids is 3. The third-order valence-corrected chi connectivity index (χ3v) is 6.80. The molecule has 0 bridgehead atoms. The van der Waals surface area contributed by atoms with Crippen LogP contribution in [0.15, 0.2) is 24.3 Å². The molecule has 8 heteroatoms. The maximum absolute atomic E-state index is 13.8. The van der Waals surface area contributed by atoms with Crippen LogP contribution in [0.1, 0.15) is 40.5 Å². The third kappa shape index (κ3) is 3.40. The fourth-order valence-corrected chi connectivity index (χ4v) is 5.40. The number of β-amino-alcohol motifs (C(OH)–C–C–N with tert-alkyl or cyclic N) is 1. The number of fused-ring (bicyclic) bond motifs is 2. The van der Waals surface area contributed by atoms with Crippen LogP contribution in [0.5, 0.6) is 0 Å². The van der Waals surface area contributed by atoms with Gasteiger partial charge in [-0.25, -0.2) is 0 Å². The first kappa shape index (κ1) is 22.0. The van der Waals surface area contributed by atoms with Gasteiger partial charge in [-0.05, 0) is 40.5 Å². The van der Waals surface area contributed by atoms with Crippen molar-refractivity contribution in [3.63, 3.8) is 0 Å². The van der Waals surface area contributed by atoms with Crippen LogP contribution >= 0.6 is 0 Å². The second kappa shape index (κ2) is 7.74. The van der Waals surface area contributed by atoms with Gasteiger partial charge in [-0.3, -0.25) is 14.4 Å². The van der Waals surface area contributed by atoms with E-state index in [-0.39, 0.29) is 31.1 Å². The predicted molar refractivity (Wildman–Crippen MR) is 112 cm³/mol. The summed E-state index contributed by atoms with van der Waals surface area (Å²) in [4.78, 5) is 43.6.